The van der Waals surface area contributed by atoms with Crippen molar-refractivity contribution in [2.45, 2.75) is 19.4 Å². The predicted octanol–water partition coefficient (Wildman–Crippen LogP) is 0.664. The van der Waals surface area contributed by atoms with Crippen molar-refractivity contribution >= 4 is 10.9 Å². The number of nitrogens with one attached hydrogen (secondary N) is 3. The molecule has 1 aliphatic heterocycles. The van der Waals surface area contributed by atoms with Crippen LogP contribution in [0.2, 0.25) is 0 Å². The third kappa shape index (κ3) is 2.70. The van der Waals surface area contributed by atoms with E-state index in [1.807, 2.05) is 4.90 Å². The highest BCUT2D eigenvalue weighted by atomic mass is 15.3. The highest BCUT2D eigenvalue weighted by molar-refractivity contribution is 5.82. The van der Waals surface area contributed by atoms with Crippen LogP contribution in [0.3, 0.4) is 0 Å². The largest absolute Gasteiger partial charge is 0.361 e. The Morgan fingerprint density at radius 1 is 0.958 bits per heavy atom. The topological polar surface area (TPSA) is 24.7 Å². The number of para-hydroxylation sites is 1. The van der Waals surface area contributed by atoms with Crippen LogP contribution in [0.15, 0.2) is 42.6 Å². The lowest BCUT2D eigenvalue weighted by Gasteiger charge is -2.32. The number of aromatic amines is 1. The second kappa shape index (κ2) is 6.05. The van der Waals surface area contributed by atoms with Gasteiger partial charge >= 0.3 is 0 Å². The number of H-pyrrole nitrogens is 1. The van der Waals surface area contributed by atoms with E-state index in [0.717, 1.165) is 17.8 Å². The van der Waals surface area contributed by atoms with E-state index in [-0.39, 0.29) is 0 Å². The molecule has 2 bridgehead atoms. The lowest BCUT2D eigenvalue weighted by Crippen LogP contribution is -3.27. The van der Waals surface area contributed by atoms with Crippen molar-refractivity contribution in [2.75, 3.05) is 32.7 Å². The van der Waals surface area contributed by atoms with Crippen molar-refractivity contribution in [1.29, 1.82) is 0 Å². The molecule has 3 nitrogen and oxygen atoms in total. The molecule has 0 radical (unpaired) electrons. The van der Waals surface area contributed by atoms with Crippen LogP contribution >= 0.6 is 0 Å². The summed E-state index contributed by atoms with van der Waals surface area (Å²) in [5, 5.41) is 1.41. The van der Waals surface area contributed by atoms with Gasteiger partial charge in [0.25, 0.3) is 0 Å². The lowest BCUT2D eigenvalue weighted by molar-refractivity contribution is -1.02. The standard InChI is InChI=1S/C21H27N3/c1-2-4-21-20(3-1)19(13-22-21)15-24-9-7-23(8-10-24)14-18-12-16-5-6-17(18)11-16/h1-6,13,16-18,22H,7-12,14-15H2/p+2. The first-order valence-electron chi connectivity index (χ1n) is 9.75. The Bertz CT molecular complexity index is 738. The number of aromatic nitrogens is 1. The highest BCUT2D eigenvalue weighted by Crippen LogP contribution is 2.42. The van der Waals surface area contributed by atoms with E-state index in [0.29, 0.717) is 0 Å². The maximum atomic E-state index is 3.43. The Balaban J connectivity index is 1.16. The number of rotatable bonds is 4. The summed E-state index contributed by atoms with van der Waals surface area (Å²) in [5.41, 5.74) is 2.77. The zero-order valence-corrected chi connectivity index (χ0v) is 14.4. The Hall–Kier alpha value is -1.58. The fraction of sp³-hybridized carbons (Fsp3) is 0.524. The molecule has 3 heteroatoms. The van der Waals surface area contributed by atoms with Gasteiger partial charge in [-0.15, -0.1) is 0 Å². The average Bonchev–Trinajstić information content (AvgIpc) is 3.33. The number of fused-ring (bicyclic) bond motifs is 3. The van der Waals surface area contributed by atoms with Gasteiger partial charge in [-0.2, -0.15) is 0 Å². The molecule has 0 amide bonds. The van der Waals surface area contributed by atoms with Gasteiger partial charge < -0.3 is 14.8 Å². The number of hydrogen-bond acceptors (Lipinski definition) is 0. The third-order valence-electron chi connectivity index (χ3n) is 6.75. The van der Waals surface area contributed by atoms with Crippen molar-refractivity contribution in [2.24, 2.45) is 17.8 Å². The van der Waals surface area contributed by atoms with E-state index in [9.17, 15) is 0 Å². The van der Waals surface area contributed by atoms with E-state index in [4.69, 9.17) is 0 Å². The molecule has 0 spiro atoms. The van der Waals surface area contributed by atoms with Gasteiger partial charge in [0.15, 0.2) is 0 Å². The third-order valence-corrected chi connectivity index (χ3v) is 6.75. The van der Waals surface area contributed by atoms with Gasteiger partial charge in [-0.3, -0.25) is 0 Å². The molecule has 2 aliphatic carbocycles. The fourth-order valence-corrected chi connectivity index (χ4v) is 5.39. The SMILES string of the molecule is C1=CC2CC1CC2C[NH+]1CC[NH+](Cc2c[nH]c3ccccc23)CC1. The molecular formula is C21H29N3+2. The van der Waals surface area contributed by atoms with Gasteiger partial charge in [-0.05, 0) is 30.7 Å². The molecule has 1 saturated carbocycles. The van der Waals surface area contributed by atoms with Crippen molar-refractivity contribution < 1.29 is 9.80 Å². The molecule has 3 N–H and O–H groups in total. The average molecular weight is 323 g/mol. The molecule has 24 heavy (non-hydrogen) atoms. The Labute approximate surface area is 144 Å². The van der Waals surface area contributed by atoms with Gasteiger partial charge in [0.2, 0.25) is 0 Å². The van der Waals surface area contributed by atoms with E-state index < -0.39 is 0 Å². The van der Waals surface area contributed by atoms with Gasteiger partial charge in [0.1, 0.15) is 32.7 Å². The molecule has 3 unspecified atom stereocenters. The van der Waals surface area contributed by atoms with Crippen LogP contribution in [-0.2, 0) is 6.54 Å². The van der Waals surface area contributed by atoms with E-state index >= 15 is 0 Å². The number of quaternary nitrogens is 2. The van der Waals surface area contributed by atoms with E-state index in [1.54, 1.807) is 4.90 Å². The predicted molar refractivity (Wildman–Crippen MR) is 97.1 cm³/mol. The first kappa shape index (κ1) is 14.7. The van der Waals surface area contributed by atoms with Crippen LogP contribution in [0.5, 0.6) is 0 Å². The number of hydrogen-bond donors (Lipinski definition) is 3. The summed E-state index contributed by atoms with van der Waals surface area (Å²) in [6, 6.07) is 8.70. The minimum absolute atomic E-state index is 0.916. The van der Waals surface area contributed by atoms with Crippen LogP contribution in [0.1, 0.15) is 18.4 Å². The summed E-state index contributed by atoms with van der Waals surface area (Å²) in [7, 11) is 0. The fourth-order valence-electron chi connectivity index (χ4n) is 5.39. The molecule has 1 saturated heterocycles. The number of piperazine rings is 1. The second-order valence-electron chi connectivity index (χ2n) is 8.28. The molecule has 1 aromatic heterocycles. The molecule has 1 aromatic carbocycles. The van der Waals surface area contributed by atoms with Gasteiger partial charge in [-0.1, -0.05) is 30.4 Å². The van der Waals surface area contributed by atoms with Crippen molar-refractivity contribution in [3.8, 4) is 0 Å². The molecule has 2 fully saturated rings. The maximum absolute atomic E-state index is 3.43. The minimum atomic E-state index is 0.916. The zero-order valence-electron chi connectivity index (χ0n) is 14.4. The molecule has 3 aliphatic rings. The van der Waals surface area contributed by atoms with Gasteiger partial charge in [0.05, 0.1) is 6.54 Å². The minimum Gasteiger partial charge on any atom is -0.361 e. The van der Waals surface area contributed by atoms with Crippen LogP contribution in [0.25, 0.3) is 10.9 Å². The summed E-state index contributed by atoms with van der Waals surface area (Å²) >= 11 is 0. The van der Waals surface area contributed by atoms with Crippen LogP contribution in [-0.4, -0.2) is 37.7 Å². The molecule has 2 aromatic rings. The smallest absolute Gasteiger partial charge is 0.127 e. The molecule has 3 atom stereocenters. The normalized spacial score (nSPS) is 35.1. The van der Waals surface area contributed by atoms with E-state index in [1.165, 1.54) is 68.6 Å². The summed E-state index contributed by atoms with van der Waals surface area (Å²) in [4.78, 5) is 7.05. The maximum Gasteiger partial charge on any atom is 0.127 e. The number of benzene rings is 1. The van der Waals surface area contributed by atoms with Crippen LogP contribution in [0.4, 0.5) is 0 Å². The molecular weight excluding hydrogens is 294 g/mol. The summed E-state index contributed by atoms with van der Waals surface area (Å²) in [5.74, 6) is 2.82. The second-order valence-corrected chi connectivity index (χ2v) is 8.28. The number of allylic oxidation sites excluding steroid dienone is 2. The Morgan fingerprint density at radius 2 is 1.79 bits per heavy atom. The highest BCUT2D eigenvalue weighted by Gasteiger charge is 2.38. The Kier molecular flexibility index (Phi) is 3.72. The van der Waals surface area contributed by atoms with Crippen LogP contribution < -0.4 is 9.80 Å². The molecule has 2 heterocycles. The molecule has 126 valence electrons. The van der Waals surface area contributed by atoms with Gasteiger partial charge in [-0.25, -0.2) is 0 Å². The molecule has 5 rings (SSSR count). The van der Waals surface area contributed by atoms with E-state index in [2.05, 4.69) is 47.6 Å². The van der Waals surface area contributed by atoms with Crippen LogP contribution in [0, 0.1) is 17.8 Å². The van der Waals surface area contributed by atoms with Crippen molar-refractivity contribution in [3.63, 3.8) is 0 Å². The first-order valence-corrected chi connectivity index (χ1v) is 9.75. The quantitative estimate of drug-likeness (QED) is 0.689. The Morgan fingerprint density at radius 3 is 2.58 bits per heavy atom. The first-order chi connectivity index (χ1) is 11.8. The monoisotopic (exact) mass is 323 g/mol. The van der Waals surface area contributed by atoms with Crippen molar-refractivity contribution in [1.82, 2.24) is 4.98 Å². The lowest BCUT2D eigenvalue weighted by atomic mass is 9.93. The summed E-state index contributed by atoms with van der Waals surface area (Å²) < 4.78 is 0. The van der Waals surface area contributed by atoms with Gasteiger partial charge in [0, 0.05) is 28.6 Å². The zero-order chi connectivity index (χ0) is 15.9. The summed E-state index contributed by atoms with van der Waals surface area (Å²) in [6.45, 7) is 7.96. The summed E-state index contributed by atoms with van der Waals surface area (Å²) in [6.07, 6.45) is 10.1. The van der Waals surface area contributed by atoms with Crippen molar-refractivity contribution in [3.05, 3.63) is 48.2 Å².